The fourth-order valence-corrected chi connectivity index (χ4v) is 3.12. The minimum atomic E-state index is -3.49. The predicted octanol–water partition coefficient (Wildman–Crippen LogP) is -0.575. The van der Waals surface area contributed by atoms with Crippen LogP contribution < -0.4 is 5.14 Å². The quantitative estimate of drug-likeness (QED) is 0.616. The van der Waals surface area contributed by atoms with Gasteiger partial charge in [0.1, 0.15) is 0 Å². The molecule has 0 aromatic heterocycles. The minimum absolute atomic E-state index is 0.0901. The Morgan fingerprint density at radius 3 is 2.38 bits per heavy atom. The molecule has 0 radical (unpaired) electrons. The SMILES string of the molecule is N#CC1CC2(C1)CN(S(N)(=O)=O)C2. The third kappa shape index (κ3) is 1.33. The van der Waals surface area contributed by atoms with E-state index in [9.17, 15) is 8.42 Å². The topological polar surface area (TPSA) is 87.2 Å². The number of nitriles is 1. The van der Waals surface area contributed by atoms with Crippen molar-refractivity contribution in [1.82, 2.24) is 4.31 Å². The normalized spacial score (nSPS) is 27.7. The van der Waals surface area contributed by atoms with Crippen LogP contribution in [0.25, 0.3) is 0 Å². The molecule has 2 aliphatic rings. The lowest BCUT2D eigenvalue weighted by molar-refractivity contribution is -0.0338. The van der Waals surface area contributed by atoms with Gasteiger partial charge < -0.3 is 0 Å². The van der Waals surface area contributed by atoms with Crippen LogP contribution in [-0.4, -0.2) is 25.8 Å². The third-order valence-electron chi connectivity index (χ3n) is 2.92. The Morgan fingerprint density at radius 1 is 1.46 bits per heavy atom. The second kappa shape index (κ2) is 2.44. The molecule has 0 bridgehead atoms. The van der Waals surface area contributed by atoms with Gasteiger partial charge in [-0.25, -0.2) is 5.14 Å². The number of hydrogen-bond acceptors (Lipinski definition) is 3. The molecule has 1 spiro atoms. The van der Waals surface area contributed by atoms with Crippen molar-refractivity contribution in [3.8, 4) is 6.07 Å². The van der Waals surface area contributed by atoms with E-state index in [1.54, 1.807) is 0 Å². The van der Waals surface area contributed by atoms with Crippen LogP contribution in [0.3, 0.4) is 0 Å². The van der Waals surface area contributed by atoms with Crippen LogP contribution in [0.1, 0.15) is 12.8 Å². The maximum absolute atomic E-state index is 10.8. The number of hydrogen-bond donors (Lipinski definition) is 1. The van der Waals surface area contributed by atoms with Gasteiger partial charge in [-0.05, 0) is 12.8 Å². The van der Waals surface area contributed by atoms with Gasteiger partial charge in [-0.1, -0.05) is 0 Å². The molecule has 13 heavy (non-hydrogen) atoms. The van der Waals surface area contributed by atoms with Crippen molar-refractivity contribution in [1.29, 1.82) is 5.26 Å². The van der Waals surface area contributed by atoms with Crippen molar-refractivity contribution in [2.75, 3.05) is 13.1 Å². The van der Waals surface area contributed by atoms with Crippen LogP contribution >= 0.6 is 0 Å². The molecule has 1 aliphatic carbocycles. The van der Waals surface area contributed by atoms with Crippen molar-refractivity contribution in [2.24, 2.45) is 16.5 Å². The Bertz CT molecular complexity index is 356. The summed E-state index contributed by atoms with van der Waals surface area (Å²) in [4.78, 5) is 0. The standard InChI is InChI=1S/C7H11N3O2S/c8-3-6-1-7(2-6)4-10(5-7)13(9,11)12/h6H,1-2,4-5H2,(H2,9,11,12). The van der Waals surface area contributed by atoms with Gasteiger partial charge in [0.2, 0.25) is 0 Å². The molecule has 1 aliphatic heterocycles. The molecule has 0 amide bonds. The van der Waals surface area contributed by atoms with Gasteiger partial charge in [0.15, 0.2) is 0 Å². The molecule has 5 nitrogen and oxygen atoms in total. The molecule has 0 atom stereocenters. The Hall–Kier alpha value is -0.640. The number of rotatable bonds is 1. The van der Waals surface area contributed by atoms with Crippen molar-refractivity contribution in [3.63, 3.8) is 0 Å². The van der Waals surface area contributed by atoms with Gasteiger partial charge in [0, 0.05) is 24.4 Å². The molecular formula is C7H11N3O2S. The predicted molar refractivity (Wildman–Crippen MR) is 45.5 cm³/mol. The first-order valence-corrected chi connectivity index (χ1v) is 5.63. The molecule has 0 aromatic carbocycles. The van der Waals surface area contributed by atoms with Gasteiger partial charge >= 0.3 is 0 Å². The lowest BCUT2D eigenvalue weighted by Gasteiger charge is -2.56. The zero-order valence-corrected chi connectivity index (χ0v) is 7.92. The van der Waals surface area contributed by atoms with Gasteiger partial charge in [-0.15, -0.1) is 0 Å². The summed E-state index contributed by atoms with van der Waals surface area (Å²) in [5.74, 6) is 0.127. The molecule has 1 heterocycles. The van der Waals surface area contributed by atoms with E-state index >= 15 is 0 Å². The molecule has 1 saturated carbocycles. The van der Waals surface area contributed by atoms with Gasteiger partial charge in [-0.3, -0.25) is 0 Å². The summed E-state index contributed by atoms with van der Waals surface area (Å²) in [5.41, 5.74) is 0.0901. The summed E-state index contributed by atoms with van der Waals surface area (Å²) < 4.78 is 22.9. The van der Waals surface area contributed by atoms with E-state index in [-0.39, 0.29) is 11.3 Å². The van der Waals surface area contributed by atoms with Crippen LogP contribution in [0.2, 0.25) is 0 Å². The molecular weight excluding hydrogens is 190 g/mol. The van der Waals surface area contributed by atoms with Crippen LogP contribution in [0, 0.1) is 22.7 Å². The van der Waals surface area contributed by atoms with E-state index in [2.05, 4.69) is 6.07 Å². The smallest absolute Gasteiger partial charge is 0.216 e. The summed E-state index contributed by atoms with van der Waals surface area (Å²) in [6, 6.07) is 2.18. The first kappa shape index (κ1) is 8.94. The highest BCUT2D eigenvalue weighted by molar-refractivity contribution is 7.86. The van der Waals surface area contributed by atoms with E-state index < -0.39 is 10.2 Å². The molecule has 0 aromatic rings. The van der Waals surface area contributed by atoms with Crippen LogP contribution in [0.5, 0.6) is 0 Å². The van der Waals surface area contributed by atoms with Crippen molar-refractivity contribution < 1.29 is 8.42 Å². The Balaban J connectivity index is 1.91. The molecule has 2 rings (SSSR count). The fourth-order valence-electron chi connectivity index (χ4n) is 2.22. The highest BCUT2D eigenvalue weighted by Crippen LogP contribution is 2.51. The monoisotopic (exact) mass is 201 g/mol. The summed E-state index contributed by atoms with van der Waals surface area (Å²) in [7, 11) is -3.49. The summed E-state index contributed by atoms with van der Waals surface area (Å²) >= 11 is 0. The third-order valence-corrected chi connectivity index (χ3v) is 3.90. The maximum atomic E-state index is 10.8. The van der Waals surface area contributed by atoms with E-state index in [0.29, 0.717) is 13.1 Å². The Kier molecular flexibility index (Phi) is 1.68. The first-order chi connectivity index (χ1) is 5.95. The number of nitrogens with zero attached hydrogens (tertiary/aromatic N) is 2. The fraction of sp³-hybridized carbons (Fsp3) is 0.857. The zero-order valence-electron chi connectivity index (χ0n) is 7.10. The van der Waals surface area contributed by atoms with Gasteiger partial charge in [-0.2, -0.15) is 18.0 Å². The highest BCUT2D eigenvalue weighted by Gasteiger charge is 2.54. The molecule has 2 N–H and O–H groups in total. The molecule has 72 valence electrons. The minimum Gasteiger partial charge on any atom is -0.216 e. The molecule has 6 heteroatoms. The van der Waals surface area contributed by atoms with E-state index in [4.69, 9.17) is 10.4 Å². The second-order valence-corrected chi connectivity index (χ2v) is 5.59. The first-order valence-electron chi connectivity index (χ1n) is 4.13. The molecule has 1 saturated heterocycles. The van der Waals surface area contributed by atoms with Crippen molar-refractivity contribution in [3.05, 3.63) is 0 Å². The van der Waals surface area contributed by atoms with E-state index in [1.165, 1.54) is 4.31 Å². The van der Waals surface area contributed by atoms with Crippen LogP contribution in [0.4, 0.5) is 0 Å². The summed E-state index contributed by atoms with van der Waals surface area (Å²) in [6.07, 6.45) is 1.66. The summed E-state index contributed by atoms with van der Waals surface area (Å²) in [5, 5.41) is 13.5. The summed E-state index contributed by atoms with van der Waals surface area (Å²) in [6.45, 7) is 1.01. The van der Waals surface area contributed by atoms with Gasteiger partial charge in [0.05, 0.1) is 6.07 Å². The Labute approximate surface area is 77.3 Å². The largest absolute Gasteiger partial charge is 0.276 e. The molecule has 0 unspecified atom stereocenters. The van der Waals surface area contributed by atoms with Crippen molar-refractivity contribution in [2.45, 2.75) is 12.8 Å². The molecule has 2 fully saturated rings. The van der Waals surface area contributed by atoms with Crippen LogP contribution in [-0.2, 0) is 10.2 Å². The number of nitrogens with two attached hydrogens (primary N) is 1. The van der Waals surface area contributed by atoms with E-state index in [0.717, 1.165) is 12.8 Å². The maximum Gasteiger partial charge on any atom is 0.276 e. The highest BCUT2D eigenvalue weighted by atomic mass is 32.2. The zero-order chi connectivity index (χ0) is 9.69. The van der Waals surface area contributed by atoms with Gasteiger partial charge in [0.25, 0.3) is 10.2 Å². The average Bonchev–Trinajstić information content (AvgIpc) is 1.78. The van der Waals surface area contributed by atoms with Crippen LogP contribution in [0.15, 0.2) is 0 Å². The Morgan fingerprint density at radius 2 is 2.00 bits per heavy atom. The second-order valence-electron chi connectivity index (χ2n) is 4.05. The lowest BCUT2D eigenvalue weighted by atomic mass is 9.59. The lowest BCUT2D eigenvalue weighted by Crippen LogP contribution is -2.64. The average molecular weight is 201 g/mol. The van der Waals surface area contributed by atoms with E-state index in [1.807, 2.05) is 0 Å². The van der Waals surface area contributed by atoms with Crippen molar-refractivity contribution >= 4 is 10.2 Å².